The molecule has 8 nitrogen and oxygen atoms in total. The summed E-state index contributed by atoms with van der Waals surface area (Å²) in [7, 11) is -1.04. The van der Waals surface area contributed by atoms with E-state index in [1.807, 2.05) is 6.92 Å². The van der Waals surface area contributed by atoms with Crippen molar-refractivity contribution in [1.82, 2.24) is 14.6 Å². The Kier molecular flexibility index (Phi) is 5.22. The van der Waals surface area contributed by atoms with E-state index < -0.39 is 10.0 Å². The molecule has 1 N–H and O–H groups in total. The lowest BCUT2D eigenvalue weighted by atomic mass is 10.3. The van der Waals surface area contributed by atoms with Crippen LogP contribution in [0.5, 0.6) is 11.5 Å². The Balaban J connectivity index is 2.21. The molecule has 0 fully saturated rings. The third-order valence-corrected chi connectivity index (χ3v) is 4.27. The van der Waals surface area contributed by atoms with Crippen molar-refractivity contribution in [3.8, 4) is 11.5 Å². The monoisotopic (exact) mass is 338 g/mol. The van der Waals surface area contributed by atoms with Crippen LogP contribution in [0.15, 0.2) is 40.6 Å². The van der Waals surface area contributed by atoms with Crippen molar-refractivity contribution in [3.63, 3.8) is 0 Å². The molecule has 0 spiro atoms. The van der Waals surface area contributed by atoms with Crippen LogP contribution in [-0.4, -0.2) is 38.6 Å². The van der Waals surface area contributed by atoms with Gasteiger partial charge in [0.1, 0.15) is 16.4 Å². The van der Waals surface area contributed by atoms with Gasteiger partial charge in [-0.05, 0) is 19.1 Å². The van der Waals surface area contributed by atoms with Crippen LogP contribution >= 0.6 is 0 Å². The van der Waals surface area contributed by atoms with Gasteiger partial charge in [0.25, 0.3) is 10.0 Å². The predicted molar refractivity (Wildman–Crippen MR) is 85.4 cm³/mol. The quantitative estimate of drug-likeness (QED) is 0.605. The fraction of sp³-hybridized carbons (Fsp3) is 0.286. The first-order valence-corrected chi connectivity index (χ1v) is 8.28. The molecule has 1 aromatic heterocycles. The second-order valence-corrected chi connectivity index (χ2v) is 6.13. The van der Waals surface area contributed by atoms with E-state index in [4.69, 9.17) is 9.47 Å². The lowest BCUT2D eigenvalue weighted by Gasteiger charge is -2.10. The van der Waals surface area contributed by atoms with Gasteiger partial charge in [-0.2, -0.15) is 23.4 Å². The molecular formula is C14H18N4O4S. The zero-order chi connectivity index (χ0) is 16.9. The highest BCUT2D eigenvalue weighted by atomic mass is 32.2. The number of nitrogens with zero attached hydrogens (tertiary/aromatic N) is 3. The Morgan fingerprint density at radius 2 is 2.13 bits per heavy atom. The number of nitrogens with one attached hydrogen (secondary N) is 1. The highest BCUT2D eigenvalue weighted by Crippen LogP contribution is 2.27. The molecule has 0 saturated heterocycles. The summed E-state index contributed by atoms with van der Waals surface area (Å²) in [5.41, 5.74) is 0.687. The molecule has 0 radical (unpaired) electrons. The molecule has 0 aliphatic rings. The van der Waals surface area contributed by atoms with E-state index in [2.05, 4.69) is 15.0 Å². The van der Waals surface area contributed by atoms with Gasteiger partial charge in [0.05, 0.1) is 26.6 Å². The summed E-state index contributed by atoms with van der Waals surface area (Å²) in [4.78, 5) is 2.09. The van der Waals surface area contributed by atoms with Crippen LogP contribution < -0.4 is 14.3 Å². The van der Waals surface area contributed by atoms with E-state index in [9.17, 15) is 8.42 Å². The molecule has 0 aliphatic carbocycles. The van der Waals surface area contributed by atoms with Crippen LogP contribution in [0.2, 0.25) is 0 Å². The molecule has 0 unspecified atom stereocenters. The highest BCUT2D eigenvalue weighted by Gasteiger charge is 2.19. The van der Waals surface area contributed by atoms with E-state index in [0.717, 1.165) is 6.54 Å². The first-order chi connectivity index (χ1) is 11.0. The Hall–Kier alpha value is -2.55. The zero-order valence-electron chi connectivity index (χ0n) is 13.1. The number of hydrogen-bond donors (Lipinski definition) is 1. The highest BCUT2D eigenvalue weighted by molar-refractivity contribution is 7.89. The summed E-state index contributed by atoms with van der Waals surface area (Å²) in [5.74, 6) is 0.603. The molecule has 2 rings (SSSR count). The van der Waals surface area contributed by atoms with E-state index >= 15 is 0 Å². The van der Waals surface area contributed by atoms with Crippen LogP contribution in [-0.2, 0) is 16.6 Å². The van der Waals surface area contributed by atoms with Gasteiger partial charge in [-0.1, -0.05) is 0 Å². The summed E-state index contributed by atoms with van der Waals surface area (Å²) in [6.07, 6.45) is 4.72. The maximum absolute atomic E-state index is 12.4. The third kappa shape index (κ3) is 4.01. The van der Waals surface area contributed by atoms with Crippen molar-refractivity contribution in [1.29, 1.82) is 0 Å². The average Bonchev–Trinajstić information content (AvgIpc) is 3.02. The number of benzene rings is 1. The maximum Gasteiger partial charge on any atom is 0.280 e. The number of rotatable bonds is 7. The van der Waals surface area contributed by atoms with E-state index in [1.165, 1.54) is 32.6 Å². The minimum Gasteiger partial charge on any atom is -0.497 e. The molecule has 23 heavy (non-hydrogen) atoms. The Morgan fingerprint density at radius 1 is 1.35 bits per heavy atom. The minimum absolute atomic E-state index is 0.0549. The Morgan fingerprint density at radius 3 is 2.74 bits per heavy atom. The molecule has 124 valence electrons. The van der Waals surface area contributed by atoms with Crippen LogP contribution in [0, 0.1) is 0 Å². The largest absolute Gasteiger partial charge is 0.497 e. The summed E-state index contributed by atoms with van der Waals surface area (Å²) >= 11 is 0. The van der Waals surface area contributed by atoms with Crippen LogP contribution in [0.3, 0.4) is 0 Å². The lowest BCUT2D eigenvalue weighted by molar-refractivity contribution is 0.392. The van der Waals surface area contributed by atoms with Gasteiger partial charge in [-0.15, -0.1) is 0 Å². The normalized spacial score (nSPS) is 11.6. The van der Waals surface area contributed by atoms with Gasteiger partial charge >= 0.3 is 0 Å². The molecule has 1 heterocycles. The van der Waals surface area contributed by atoms with Crippen molar-refractivity contribution in [2.24, 2.45) is 5.10 Å². The molecule has 0 atom stereocenters. The number of sulfonamides is 1. The number of aryl methyl sites for hydroxylation is 1. The fourth-order valence-corrected chi connectivity index (χ4v) is 2.81. The molecule has 0 aliphatic heterocycles. The van der Waals surface area contributed by atoms with Crippen molar-refractivity contribution in [3.05, 3.63) is 36.2 Å². The molecule has 9 heteroatoms. The average molecular weight is 338 g/mol. The first-order valence-electron chi connectivity index (χ1n) is 6.79. The van der Waals surface area contributed by atoms with Crippen molar-refractivity contribution in [2.45, 2.75) is 18.4 Å². The van der Waals surface area contributed by atoms with Gasteiger partial charge in [0.15, 0.2) is 0 Å². The van der Waals surface area contributed by atoms with Gasteiger partial charge in [0, 0.05) is 24.4 Å². The van der Waals surface area contributed by atoms with Gasteiger partial charge in [-0.3, -0.25) is 4.68 Å². The van der Waals surface area contributed by atoms with Crippen LogP contribution in [0.1, 0.15) is 12.5 Å². The van der Waals surface area contributed by atoms with Crippen LogP contribution in [0.4, 0.5) is 0 Å². The fourth-order valence-electron chi connectivity index (χ4n) is 1.83. The molecule has 0 bridgehead atoms. The summed E-state index contributed by atoms with van der Waals surface area (Å²) < 4.78 is 36.5. The Labute approximate surface area is 134 Å². The second-order valence-electron chi connectivity index (χ2n) is 4.50. The minimum atomic E-state index is -3.88. The van der Waals surface area contributed by atoms with Gasteiger partial charge in [-0.25, -0.2) is 0 Å². The van der Waals surface area contributed by atoms with Crippen molar-refractivity contribution < 1.29 is 17.9 Å². The Bertz CT molecular complexity index is 799. The van der Waals surface area contributed by atoms with Gasteiger partial charge < -0.3 is 9.47 Å². The van der Waals surface area contributed by atoms with Gasteiger partial charge in [0.2, 0.25) is 0 Å². The number of hydrogen-bond acceptors (Lipinski definition) is 6. The summed E-state index contributed by atoms with van der Waals surface area (Å²) in [6, 6.07) is 4.49. The number of aromatic nitrogens is 2. The standard InChI is InChI=1S/C14H18N4O4S/c1-4-18-10-11(9-16-18)8-15-17-23(19,20)14-7-12(21-2)5-6-13(14)22-3/h5-10,17H,4H2,1-3H3. The summed E-state index contributed by atoms with van der Waals surface area (Å²) in [5, 5.41) is 7.83. The SMILES string of the molecule is CCn1cc(C=NNS(=O)(=O)c2cc(OC)ccc2OC)cn1. The van der Waals surface area contributed by atoms with E-state index in [1.54, 1.807) is 23.1 Å². The number of methoxy groups -OCH3 is 2. The topological polar surface area (TPSA) is 94.8 Å². The maximum atomic E-state index is 12.4. The lowest BCUT2D eigenvalue weighted by Crippen LogP contribution is -2.19. The van der Waals surface area contributed by atoms with Crippen LogP contribution in [0.25, 0.3) is 0 Å². The van der Waals surface area contributed by atoms with E-state index in [-0.39, 0.29) is 10.6 Å². The number of ether oxygens (including phenoxy) is 2. The van der Waals surface area contributed by atoms with Crippen molar-refractivity contribution >= 4 is 16.2 Å². The molecular weight excluding hydrogens is 320 g/mol. The van der Waals surface area contributed by atoms with E-state index in [0.29, 0.717) is 11.3 Å². The summed E-state index contributed by atoms with van der Waals surface area (Å²) in [6.45, 7) is 2.67. The molecule has 0 amide bonds. The molecule has 1 aromatic carbocycles. The predicted octanol–water partition coefficient (Wildman–Crippen LogP) is 1.23. The number of hydrazone groups is 1. The smallest absolute Gasteiger partial charge is 0.280 e. The third-order valence-electron chi connectivity index (χ3n) is 3.02. The first kappa shape index (κ1) is 16.8. The molecule has 2 aromatic rings. The zero-order valence-corrected chi connectivity index (χ0v) is 13.9. The molecule has 0 saturated carbocycles. The second kappa shape index (κ2) is 7.14. The van der Waals surface area contributed by atoms with Crippen molar-refractivity contribution in [2.75, 3.05) is 14.2 Å².